The minimum atomic E-state index is -0.0681. The molecule has 5 nitrogen and oxygen atoms in total. The summed E-state index contributed by atoms with van der Waals surface area (Å²) in [7, 11) is 0. The Morgan fingerprint density at radius 1 is 1.21 bits per heavy atom. The van der Waals surface area contributed by atoms with Crippen molar-refractivity contribution in [3.05, 3.63) is 60.2 Å². The molecule has 0 radical (unpaired) electrons. The maximum Gasteiger partial charge on any atom is 0.251 e. The van der Waals surface area contributed by atoms with E-state index in [-0.39, 0.29) is 5.91 Å². The van der Waals surface area contributed by atoms with Crippen molar-refractivity contribution in [2.75, 3.05) is 6.54 Å². The summed E-state index contributed by atoms with van der Waals surface area (Å²) in [5.41, 5.74) is 2.87. The quantitative estimate of drug-likeness (QED) is 0.759. The molecule has 3 aromatic rings. The average Bonchev–Trinajstić information content (AvgIpc) is 2.93. The summed E-state index contributed by atoms with van der Waals surface area (Å²) in [5.74, 6) is 0.489. The van der Waals surface area contributed by atoms with Crippen molar-refractivity contribution in [3.8, 4) is 0 Å². The van der Waals surface area contributed by atoms with Crippen LogP contribution in [-0.2, 0) is 13.0 Å². The highest BCUT2D eigenvalue weighted by Crippen LogP contribution is 2.20. The van der Waals surface area contributed by atoms with E-state index < -0.39 is 0 Å². The van der Waals surface area contributed by atoms with Crippen molar-refractivity contribution in [3.63, 3.8) is 0 Å². The Kier molecular flexibility index (Phi) is 4.89. The van der Waals surface area contributed by atoms with E-state index in [4.69, 9.17) is 0 Å². The van der Waals surface area contributed by atoms with Gasteiger partial charge in [0.15, 0.2) is 0 Å². The molecule has 5 heteroatoms. The lowest BCUT2D eigenvalue weighted by molar-refractivity contribution is 0.0954. The van der Waals surface area contributed by atoms with E-state index in [1.165, 1.54) is 5.56 Å². The molecule has 0 aliphatic carbocycles. The van der Waals surface area contributed by atoms with Gasteiger partial charge >= 0.3 is 0 Å². The molecule has 0 saturated heterocycles. The fourth-order valence-corrected chi connectivity index (χ4v) is 2.84. The number of rotatable bonds is 6. The molecule has 124 valence electrons. The van der Waals surface area contributed by atoms with Crippen molar-refractivity contribution in [2.24, 2.45) is 5.92 Å². The van der Waals surface area contributed by atoms with Crippen LogP contribution in [0.25, 0.3) is 11.0 Å². The van der Waals surface area contributed by atoms with Crippen LogP contribution in [0.15, 0.2) is 49.1 Å². The highest BCUT2D eigenvalue weighted by Gasteiger charge is 2.11. The Balaban J connectivity index is 1.70. The summed E-state index contributed by atoms with van der Waals surface area (Å²) in [6, 6.07) is 7.49. The molecule has 0 bridgehead atoms. The van der Waals surface area contributed by atoms with Crippen LogP contribution in [0.5, 0.6) is 0 Å². The zero-order valence-electron chi connectivity index (χ0n) is 14.1. The summed E-state index contributed by atoms with van der Waals surface area (Å²) >= 11 is 0. The minimum Gasteiger partial charge on any atom is -0.352 e. The third-order valence-electron chi connectivity index (χ3n) is 3.90. The Morgan fingerprint density at radius 3 is 2.75 bits per heavy atom. The highest BCUT2D eigenvalue weighted by atomic mass is 16.1. The normalized spacial score (nSPS) is 11.1. The summed E-state index contributed by atoms with van der Waals surface area (Å²) in [6.07, 6.45) is 8.02. The van der Waals surface area contributed by atoms with Crippen molar-refractivity contribution >= 4 is 16.9 Å². The molecule has 0 aliphatic heterocycles. The van der Waals surface area contributed by atoms with Crippen molar-refractivity contribution in [1.82, 2.24) is 19.9 Å². The molecule has 1 amide bonds. The van der Waals surface area contributed by atoms with Gasteiger partial charge in [-0.15, -0.1) is 0 Å². The number of carbonyl (C=O) groups excluding carboxylic acids is 1. The number of fused-ring (bicyclic) bond motifs is 1. The molecule has 0 saturated carbocycles. The van der Waals surface area contributed by atoms with Gasteiger partial charge in [0.25, 0.3) is 5.91 Å². The second-order valence-electron chi connectivity index (χ2n) is 6.32. The molecule has 0 atom stereocenters. The van der Waals surface area contributed by atoms with Crippen LogP contribution < -0.4 is 5.32 Å². The third-order valence-corrected chi connectivity index (χ3v) is 3.90. The van der Waals surface area contributed by atoms with E-state index in [1.54, 1.807) is 24.5 Å². The summed E-state index contributed by atoms with van der Waals surface area (Å²) < 4.78 is 2.21. The minimum absolute atomic E-state index is 0.0681. The van der Waals surface area contributed by atoms with E-state index in [1.807, 2.05) is 12.3 Å². The van der Waals surface area contributed by atoms with Crippen LogP contribution in [0, 0.1) is 5.92 Å². The van der Waals surface area contributed by atoms with Crippen LogP contribution in [0.2, 0.25) is 0 Å². The van der Waals surface area contributed by atoms with Crippen LogP contribution in [-0.4, -0.2) is 27.0 Å². The molecular formula is C19H22N4O. The van der Waals surface area contributed by atoms with Crippen LogP contribution in [0.1, 0.15) is 29.8 Å². The second kappa shape index (κ2) is 7.25. The first-order valence-corrected chi connectivity index (χ1v) is 8.26. The number of hydrogen-bond acceptors (Lipinski definition) is 3. The van der Waals surface area contributed by atoms with Gasteiger partial charge in [-0.3, -0.25) is 9.78 Å². The molecule has 1 N–H and O–H groups in total. The summed E-state index contributed by atoms with van der Waals surface area (Å²) in [5, 5.41) is 4.13. The predicted molar refractivity (Wildman–Crippen MR) is 94.8 cm³/mol. The molecule has 3 aromatic heterocycles. The van der Waals surface area contributed by atoms with Crippen molar-refractivity contribution in [2.45, 2.75) is 26.8 Å². The smallest absolute Gasteiger partial charge is 0.251 e. The van der Waals surface area contributed by atoms with Gasteiger partial charge in [-0.1, -0.05) is 13.8 Å². The molecule has 0 aliphatic rings. The number of carbonyl (C=O) groups is 1. The molecule has 0 aromatic carbocycles. The fraction of sp³-hybridized carbons (Fsp3) is 0.316. The Labute approximate surface area is 141 Å². The average molecular weight is 322 g/mol. The summed E-state index contributed by atoms with van der Waals surface area (Å²) in [6.45, 7) is 5.93. The maximum atomic E-state index is 12.1. The van der Waals surface area contributed by atoms with Crippen molar-refractivity contribution in [1.29, 1.82) is 0 Å². The zero-order valence-corrected chi connectivity index (χ0v) is 14.1. The van der Waals surface area contributed by atoms with Crippen LogP contribution in [0.4, 0.5) is 0 Å². The first kappa shape index (κ1) is 16.2. The number of nitrogens with one attached hydrogen (secondary N) is 1. The summed E-state index contributed by atoms with van der Waals surface area (Å²) in [4.78, 5) is 20.5. The largest absolute Gasteiger partial charge is 0.352 e. The standard InChI is InChI=1S/C19H22N4O/c1-14(2)12-23-13-16(17-4-3-8-21-18(17)23)7-11-22-19(24)15-5-9-20-10-6-15/h3-6,8-10,13-14H,7,11-12H2,1-2H3,(H,22,24). The van der Waals surface area contributed by atoms with E-state index in [0.29, 0.717) is 18.0 Å². The van der Waals surface area contributed by atoms with E-state index in [9.17, 15) is 4.79 Å². The number of aromatic nitrogens is 3. The molecule has 3 heterocycles. The number of pyridine rings is 2. The van der Waals surface area contributed by atoms with Gasteiger partial charge in [-0.05, 0) is 42.2 Å². The topological polar surface area (TPSA) is 59.8 Å². The Morgan fingerprint density at radius 2 is 2.00 bits per heavy atom. The number of nitrogens with zero attached hydrogens (tertiary/aromatic N) is 3. The zero-order chi connectivity index (χ0) is 16.9. The molecule has 3 rings (SSSR count). The van der Waals surface area contributed by atoms with Crippen LogP contribution >= 0.6 is 0 Å². The Hall–Kier alpha value is -2.69. The van der Waals surface area contributed by atoms with Gasteiger partial charge in [-0.25, -0.2) is 4.98 Å². The molecule has 0 fully saturated rings. The van der Waals surface area contributed by atoms with Gasteiger partial charge in [0.1, 0.15) is 5.65 Å². The maximum absolute atomic E-state index is 12.1. The molecule has 0 spiro atoms. The first-order valence-electron chi connectivity index (χ1n) is 8.26. The van der Waals surface area contributed by atoms with Gasteiger partial charge in [0.05, 0.1) is 0 Å². The molecule has 0 unspecified atom stereocenters. The SMILES string of the molecule is CC(C)Cn1cc(CCNC(=O)c2ccncc2)c2cccnc21. The highest BCUT2D eigenvalue weighted by molar-refractivity contribution is 5.94. The van der Waals surface area contributed by atoms with Crippen LogP contribution in [0.3, 0.4) is 0 Å². The van der Waals surface area contributed by atoms with E-state index in [0.717, 1.165) is 24.0 Å². The Bertz CT molecular complexity index is 824. The monoisotopic (exact) mass is 322 g/mol. The molecule has 24 heavy (non-hydrogen) atoms. The van der Waals surface area contributed by atoms with Gasteiger partial charge in [-0.2, -0.15) is 0 Å². The lowest BCUT2D eigenvalue weighted by Crippen LogP contribution is -2.25. The lowest BCUT2D eigenvalue weighted by atomic mass is 10.1. The first-order chi connectivity index (χ1) is 11.6. The fourth-order valence-electron chi connectivity index (χ4n) is 2.84. The lowest BCUT2D eigenvalue weighted by Gasteiger charge is -2.06. The van der Waals surface area contributed by atoms with E-state index in [2.05, 4.69) is 46.0 Å². The number of hydrogen-bond donors (Lipinski definition) is 1. The second-order valence-corrected chi connectivity index (χ2v) is 6.32. The van der Waals surface area contributed by atoms with Gasteiger partial charge in [0.2, 0.25) is 0 Å². The molecular weight excluding hydrogens is 300 g/mol. The predicted octanol–water partition coefficient (Wildman–Crippen LogP) is 3.06. The van der Waals surface area contributed by atoms with E-state index >= 15 is 0 Å². The van der Waals surface area contributed by atoms with Gasteiger partial charge < -0.3 is 9.88 Å². The van der Waals surface area contributed by atoms with Gasteiger partial charge in [0, 0.05) is 48.8 Å². The number of amides is 1. The van der Waals surface area contributed by atoms with Crippen molar-refractivity contribution < 1.29 is 4.79 Å². The third kappa shape index (κ3) is 3.62.